The second kappa shape index (κ2) is 4.37. The summed E-state index contributed by atoms with van der Waals surface area (Å²) in [6.45, 7) is 2.93. The first-order valence-corrected chi connectivity index (χ1v) is 5.13. The van der Waals surface area contributed by atoms with Crippen LogP contribution in [0.2, 0.25) is 0 Å². The first-order valence-electron chi connectivity index (χ1n) is 5.13. The third kappa shape index (κ3) is 2.01. The van der Waals surface area contributed by atoms with Gasteiger partial charge in [0, 0.05) is 19.3 Å². The topological polar surface area (TPSA) is 55.0 Å². The Hall–Kier alpha value is -1.16. The zero-order valence-corrected chi connectivity index (χ0v) is 8.26. The molecule has 4 nitrogen and oxygen atoms in total. The molecule has 1 aliphatic rings. The van der Waals surface area contributed by atoms with Crippen molar-refractivity contribution in [2.24, 2.45) is 11.7 Å². The van der Waals surface area contributed by atoms with Gasteiger partial charge in [0.15, 0.2) is 5.82 Å². The molecule has 1 aliphatic heterocycles. The number of rotatable bonds is 2. The number of aromatic nitrogens is 2. The molecule has 14 heavy (non-hydrogen) atoms. The monoisotopic (exact) mass is 192 g/mol. The summed E-state index contributed by atoms with van der Waals surface area (Å²) in [5, 5.41) is 7.98. The molecule has 0 saturated carbocycles. The summed E-state index contributed by atoms with van der Waals surface area (Å²) >= 11 is 0. The van der Waals surface area contributed by atoms with E-state index in [1.54, 1.807) is 6.20 Å². The summed E-state index contributed by atoms with van der Waals surface area (Å²) in [5.41, 5.74) is 5.64. The number of nitrogens with zero attached hydrogens (tertiary/aromatic N) is 3. The summed E-state index contributed by atoms with van der Waals surface area (Å²) in [6, 6.07) is 3.94. The predicted octanol–water partition coefficient (Wildman–Crippen LogP) is 0.652. The van der Waals surface area contributed by atoms with Gasteiger partial charge < -0.3 is 10.6 Å². The minimum atomic E-state index is 0.697. The molecule has 0 atom stereocenters. The first-order chi connectivity index (χ1) is 6.90. The Morgan fingerprint density at radius 3 is 2.79 bits per heavy atom. The van der Waals surface area contributed by atoms with Crippen molar-refractivity contribution in [1.82, 2.24) is 10.2 Å². The van der Waals surface area contributed by atoms with Crippen LogP contribution in [0.1, 0.15) is 12.8 Å². The molecule has 4 heteroatoms. The summed E-state index contributed by atoms with van der Waals surface area (Å²) in [7, 11) is 0. The van der Waals surface area contributed by atoms with Gasteiger partial charge in [-0.15, -0.1) is 5.10 Å². The molecule has 0 aliphatic carbocycles. The van der Waals surface area contributed by atoms with Crippen molar-refractivity contribution in [3.8, 4) is 0 Å². The minimum Gasteiger partial charge on any atom is -0.355 e. The molecule has 0 radical (unpaired) electrons. The van der Waals surface area contributed by atoms with Crippen LogP contribution >= 0.6 is 0 Å². The van der Waals surface area contributed by atoms with Crippen LogP contribution in [0.5, 0.6) is 0 Å². The maximum absolute atomic E-state index is 5.64. The highest BCUT2D eigenvalue weighted by Crippen LogP contribution is 2.19. The van der Waals surface area contributed by atoms with Crippen molar-refractivity contribution in [1.29, 1.82) is 0 Å². The second-order valence-corrected chi connectivity index (χ2v) is 3.75. The van der Waals surface area contributed by atoms with Gasteiger partial charge in [-0.25, -0.2) is 0 Å². The lowest BCUT2D eigenvalue weighted by Gasteiger charge is -2.31. The quantitative estimate of drug-likeness (QED) is 0.747. The molecule has 1 fully saturated rings. The Morgan fingerprint density at radius 1 is 1.43 bits per heavy atom. The molecular formula is C10H16N4. The lowest BCUT2D eigenvalue weighted by Crippen LogP contribution is -2.36. The summed E-state index contributed by atoms with van der Waals surface area (Å²) in [5.74, 6) is 1.69. The van der Waals surface area contributed by atoms with Crippen LogP contribution in [0.3, 0.4) is 0 Å². The Balaban J connectivity index is 1.96. The summed E-state index contributed by atoms with van der Waals surface area (Å²) in [4.78, 5) is 2.28. The molecule has 2 heterocycles. The summed E-state index contributed by atoms with van der Waals surface area (Å²) < 4.78 is 0. The van der Waals surface area contributed by atoms with Crippen LogP contribution < -0.4 is 10.6 Å². The zero-order chi connectivity index (χ0) is 9.80. The standard InChI is InChI=1S/C10H16N4/c11-8-9-3-6-14(7-4-9)10-2-1-5-12-13-10/h1-2,5,9H,3-4,6-8,11H2. The van der Waals surface area contributed by atoms with E-state index in [0.29, 0.717) is 5.92 Å². The highest BCUT2D eigenvalue weighted by Gasteiger charge is 2.18. The van der Waals surface area contributed by atoms with Gasteiger partial charge in [0.2, 0.25) is 0 Å². The van der Waals surface area contributed by atoms with Gasteiger partial charge in [0.1, 0.15) is 0 Å². The maximum Gasteiger partial charge on any atom is 0.151 e. The zero-order valence-electron chi connectivity index (χ0n) is 8.26. The van der Waals surface area contributed by atoms with Crippen LogP contribution in [-0.2, 0) is 0 Å². The average Bonchev–Trinajstić information content (AvgIpc) is 2.30. The fraction of sp³-hybridized carbons (Fsp3) is 0.600. The van der Waals surface area contributed by atoms with Gasteiger partial charge in [0.05, 0.1) is 0 Å². The molecule has 1 saturated heterocycles. The Labute approximate surface area is 84.1 Å². The van der Waals surface area contributed by atoms with E-state index in [1.165, 1.54) is 12.8 Å². The van der Waals surface area contributed by atoms with E-state index in [4.69, 9.17) is 5.73 Å². The van der Waals surface area contributed by atoms with E-state index in [9.17, 15) is 0 Å². The average molecular weight is 192 g/mol. The van der Waals surface area contributed by atoms with E-state index >= 15 is 0 Å². The van der Waals surface area contributed by atoms with Crippen molar-refractivity contribution in [2.45, 2.75) is 12.8 Å². The van der Waals surface area contributed by atoms with E-state index in [1.807, 2.05) is 12.1 Å². The van der Waals surface area contributed by atoms with E-state index < -0.39 is 0 Å². The van der Waals surface area contributed by atoms with Gasteiger partial charge >= 0.3 is 0 Å². The number of hydrogen-bond acceptors (Lipinski definition) is 4. The molecule has 2 rings (SSSR count). The fourth-order valence-electron chi connectivity index (χ4n) is 1.86. The largest absolute Gasteiger partial charge is 0.355 e. The molecule has 0 unspecified atom stereocenters. The number of anilines is 1. The van der Waals surface area contributed by atoms with Crippen molar-refractivity contribution in [3.63, 3.8) is 0 Å². The van der Waals surface area contributed by atoms with Gasteiger partial charge in [0.25, 0.3) is 0 Å². The van der Waals surface area contributed by atoms with Crippen LogP contribution in [0.15, 0.2) is 18.3 Å². The number of nitrogens with two attached hydrogens (primary N) is 1. The second-order valence-electron chi connectivity index (χ2n) is 3.75. The fourth-order valence-corrected chi connectivity index (χ4v) is 1.86. The lowest BCUT2D eigenvalue weighted by molar-refractivity contribution is 0.412. The number of hydrogen-bond donors (Lipinski definition) is 1. The molecule has 0 bridgehead atoms. The minimum absolute atomic E-state index is 0.697. The van der Waals surface area contributed by atoms with Crippen molar-refractivity contribution >= 4 is 5.82 Å². The Bertz CT molecular complexity index is 267. The Morgan fingerprint density at radius 2 is 2.21 bits per heavy atom. The molecular weight excluding hydrogens is 176 g/mol. The van der Waals surface area contributed by atoms with Gasteiger partial charge in [-0.05, 0) is 37.4 Å². The van der Waals surface area contributed by atoms with Crippen LogP contribution in [0.4, 0.5) is 5.82 Å². The molecule has 2 N–H and O–H groups in total. The molecule has 0 spiro atoms. The van der Waals surface area contributed by atoms with Crippen molar-refractivity contribution in [3.05, 3.63) is 18.3 Å². The van der Waals surface area contributed by atoms with E-state index in [-0.39, 0.29) is 0 Å². The normalized spacial score (nSPS) is 18.5. The summed E-state index contributed by atoms with van der Waals surface area (Å²) in [6.07, 6.45) is 4.05. The van der Waals surface area contributed by atoms with E-state index in [0.717, 1.165) is 25.5 Å². The highest BCUT2D eigenvalue weighted by molar-refractivity contribution is 5.36. The SMILES string of the molecule is NCC1CCN(c2cccnn2)CC1. The lowest BCUT2D eigenvalue weighted by atomic mass is 9.97. The Kier molecular flexibility index (Phi) is 2.93. The molecule has 0 aromatic carbocycles. The van der Waals surface area contributed by atoms with Gasteiger partial charge in [-0.3, -0.25) is 0 Å². The molecule has 0 amide bonds. The highest BCUT2D eigenvalue weighted by atomic mass is 15.3. The van der Waals surface area contributed by atoms with Crippen molar-refractivity contribution < 1.29 is 0 Å². The number of piperidine rings is 1. The van der Waals surface area contributed by atoms with Crippen LogP contribution in [0, 0.1) is 5.92 Å². The molecule has 1 aromatic rings. The first kappa shape index (κ1) is 9.40. The maximum atomic E-state index is 5.64. The van der Waals surface area contributed by atoms with Gasteiger partial charge in [-0.1, -0.05) is 0 Å². The van der Waals surface area contributed by atoms with E-state index in [2.05, 4.69) is 15.1 Å². The van der Waals surface area contributed by atoms with Gasteiger partial charge in [-0.2, -0.15) is 5.10 Å². The smallest absolute Gasteiger partial charge is 0.151 e. The third-order valence-corrected chi connectivity index (χ3v) is 2.83. The molecule has 1 aromatic heterocycles. The molecule has 76 valence electrons. The third-order valence-electron chi connectivity index (χ3n) is 2.83. The predicted molar refractivity (Wildman–Crippen MR) is 56.0 cm³/mol. The van der Waals surface area contributed by atoms with Crippen LogP contribution in [0.25, 0.3) is 0 Å². The van der Waals surface area contributed by atoms with Crippen LogP contribution in [-0.4, -0.2) is 29.8 Å². The van der Waals surface area contributed by atoms with Crippen molar-refractivity contribution in [2.75, 3.05) is 24.5 Å².